The van der Waals surface area contributed by atoms with Crippen LogP contribution in [0.15, 0.2) is 84.0 Å². The van der Waals surface area contributed by atoms with Crippen LogP contribution in [0.2, 0.25) is 0 Å². The van der Waals surface area contributed by atoms with Crippen molar-refractivity contribution >= 4 is 58.1 Å². The number of carbonyl (C=O) groups is 5. The largest absolute Gasteiger partial charge is 0.457 e. The van der Waals surface area contributed by atoms with Crippen molar-refractivity contribution in [2.45, 2.75) is 55.5 Å². The highest BCUT2D eigenvalue weighted by Gasteiger charge is 2.45. The Balaban J connectivity index is 0.689. The van der Waals surface area contributed by atoms with Crippen molar-refractivity contribution in [3.8, 4) is 22.8 Å². The van der Waals surface area contributed by atoms with Crippen LogP contribution in [-0.4, -0.2) is 146 Å². The Kier molecular flexibility index (Phi) is 13.5. The second kappa shape index (κ2) is 19.9. The Morgan fingerprint density at radius 2 is 1.60 bits per heavy atom. The maximum atomic E-state index is 13.6. The summed E-state index contributed by atoms with van der Waals surface area (Å²) in [6.07, 6.45) is 4.69. The average molecular weight is 901 g/mol. The summed E-state index contributed by atoms with van der Waals surface area (Å²) in [5.74, 6) is 0.547. The minimum atomic E-state index is -0.992. The molecule has 0 bridgehead atoms. The van der Waals surface area contributed by atoms with E-state index in [0.29, 0.717) is 70.7 Å². The Bertz CT molecular complexity index is 2570. The monoisotopic (exact) mass is 900 g/mol. The van der Waals surface area contributed by atoms with E-state index in [0.717, 1.165) is 81.3 Å². The van der Waals surface area contributed by atoms with E-state index in [1.54, 1.807) is 18.2 Å². The van der Waals surface area contributed by atoms with Gasteiger partial charge in [-0.25, -0.2) is 14.6 Å². The van der Waals surface area contributed by atoms with Gasteiger partial charge in [-0.2, -0.15) is 5.10 Å². The van der Waals surface area contributed by atoms with Crippen LogP contribution in [0.4, 0.5) is 5.82 Å². The molecule has 6 heterocycles. The second-order valence-corrected chi connectivity index (χ2v) is 17.8. The maximum Gasteiger partial charge on any atom is 0.263 e. The summed E-state index contributed by atoms with van der Waals surface area (Å²) in [5, 5.41) is 7.99. The number of anilines is 1. The lowest BCUT2D eigenvalue weighted by Gasteiger charge is -2.35. The number of hydrogen-bond acceptors (Lipinski definition) is 14. The van der Waals surface area contributed by atoms with E-state index in [4.69, 9.17) is 20.3 Å². The Morgan fingerprint density at radius 3 is 2.38 bits per heavy atom. The number of hydrogen-bond donors (Lipinski definition) is 2. The number of fused-ring (bicyclic) bond motifs is 2. The van der Waals surface area contributed by atoms with Crippen LogP contribution >= 0.6 is 11.8 Å². The SMILES string of the molecule is Nc1ncnc2c1c(-c1ccc(Oc3ccccc3)cc1)nn2[C@@H]1CCCN(C(=O)CCCN2CCN(CCOCCSc3cccc4c3C(=O)N(C3CCC(=O)NC3=O)C4=O)CC2)C1. The number of nitrogens with zero attached hydrogens (tertiary/aromatic N) is 8. The number of aromatic nitrogens is 4. The lowest BCUT2D eigenvalue weighted by Crippen LogP contribution is -2.54. The fourth-order valence-corrected chi connectivity index (χ4v) is 10.0. The summed E-state index contributed by atoms with van der Waals surface area (Å²) in [7, 11) is 0. The zero-order valence-electron chi connectivity index (χ0n) is 36.1. The van der Waals surface area contributed by atoms with Gasteiger partial charge >= 0.3 is 0 Å². The number of thioether (sulfide) groups is 1. The van der Waals surface area contributed by atoms with Crippen LogP contribution in [0.25, 0.3) is 22.3 Å². The van der Waals surface area contributed by atoms with Gasteiger partial charge in [-0.1, -0.05) is 24.3 Å². The first-order valence-corrected chi connectivity index (χ1v) is 23.3. The van der Waals surface area contributed by atoms with E-state index >= 15 is 0 Å². The number of imide groups is 2. The first-order chi connectivity index (χ1) is 31.7. The van der Waals surface area contributed by atoms with Crippen LogP contribution < -0.4 is 15.8 Å². The van der Waals surface area contributed by atoms with Gasteiger partial charge < -0.3 is 25.0 Å². The molecule has 4 aliphatic rings. The van der Waals surface area contributed by atoms with Gasteiger partial charge in [0.25, 0.3) is 11.8 Å². The van der Waals surface area contributed by atoms with Crippen LogP contribution in [0.5, 0.6) is 11.5 Å². The molecular formula is C47H52N10O7S. The standard InChI is InChI=1S/C47H52N10O7S/c48-43-41-42(31-13-15-34(16-14-31)64-33-8-2-1-3-9-33)52-57(44(41)50-30-49-43)32-7-5-20-55(29-32)39(59)12-6-19-53-21-23-54(24-22-53)25-26-63-27-28-65-37-11-4-10-35-40(37)47(62)56(46(35)61)36-17-18-38(58)51-45(36)60/h1-4,8-11,13-16,30,32,36H,5-7,12,17-29H2,(H2,48,49,50)(H,51,58,60)/t32-,36?/m1/s1. The maximum absolute atomic E-state index is 13.6. The number of piperidine rings is 2. The number of nitrogens with one attached hydrogen (secondary N) is 1. The molecule has 0 radical (unpaired) electrons. The quantitative estimate of drug-likeness (QED) is 0.0789. The van der Waals surface area contributed by atoms with E-state index < -0.39 is 29.7 Å². The molecule has 5 aromatic rings. The summed E-state index contributed by atoms with van der Waals surface area (Å²) < 4.78 is 13.9. The molecule has 1 unspecified atom stereocenters. The third-order valence-corrected chi connectivity index (χ3v) is 13.5. The van der Waals surface area contributed by atoms with Crippen molar-refractivity contribution < 1.29 is 33.4 Å². The first kappa shape index (κ1) is 44.0. The van der Waals surface area contributed by atoms with Crippen molar-refractivity contribution in [3.05, 3.63) is 90.3 Å². The van der Waals surface area contributed by atoms with Gasteiger partial charge in [-0.3, -0.25) is 39.1 Å². The lowest BCUT2D eigenvalue weighted by atomic mass is 10.0. The van der Waals surface area contributed by atoms with Crippen LogP contribution in [0.1, 0.15) is 65.3 Å². The lowest BCUT2D eigenvalue weighted by molar-refractivity contribution is -0.136. The van der Waals surface area contributed by atoms with E-state index in [9.17, 15) is 24.0 Å². The molecule has 0 saturated carbocycles. The third-order valence-electron chi connectivity index (χ3n) is 12.5. The number of nitrogens with two attached hydrogens (primary N) is 1. The molecule has 3 saturated heterocycles. The van der Waals surface area contributed by atoms with Gasteiger partial charge in [0, 0.05) is 74.9 Å². The highest BCUT2D eigenvalue weighted by Crippen LogP contribution is 2.36. The molecule has 2 atom stereocenters. The van der Waals surface area contributed by atoms with Gasteiger partial charge in [0.2, 0.25) is 17.7 Å². The first-order valence-electron chi connectivity index (χ1n) is 22.3. The molecule has 338 valence electrons. The van der Waals surface area contributed by atoms with Crippen molar-refractivity contribution in [1.82, 2.24) is 44.7 Å². The molecular weight excluding hydrogens is 849 g/mol. The topological polar surface area (TPSA) is 198 Å². The Hall–Kier alpha value is -6.21. The summed E-state index contributed by atoms with van der Waals surface area (Å²) >= 11 is 1.44. The molecule has 9 rings (SSSR count). The fourth-order valence-electron chi connectivity index (χ4n) is 9.10. The zero-order valence-corrected chi connectivity index (χ0v) is 36.9. The summed E-state index contributed by atoms with van der Waals surface area (Å²) in [6, 6.07) is 21.5. The normalized spacial score (nSPS) is 19.5. The van der Waals surface area contributed by atoms with E-state index in [1.165, 1.54) is 18.1 Å². The summed E-state index contributed by atoms with van der Waals surface area (Å²) in [5.41, 5.74) is 9.24. The van der Waals surface area contributed by atoms with Crippen molar-refractivity contribution in [2.75, 3.05) is 77.1 Å². The number of ether oxygens (including phenoxy) is 2. The molecule has 3 aromatic carbocycles. The van der Waals surface area contributed by atoms with Crippen molar-refractivity contribution in [2.24, 2.45) is 0 Å². The van der Waals surface area contributed by atoms with Gasteiger partial charge in [0.05, 0.1) is 35.8 Å². The number of amides is 5. The summed E-state index contributed by atoms with van der Waals surface area (Å²) in [4.78, 5) is 81.5. The van der Waals surface area contributed by atoms with E-state index in [2.05, 4.69) is 25.1 Å². The van der Waals surface area contributed by atoms with Gasteiger partial charge in [-0.05, 0) is 80.8 Å². The number of carbonyl (C=O) groups excluding carboxylic acids is 5. The molecule has 4 aliphatic heterocycles. The summed E-state index contributed by atoms with van der Waals surface area (Å²) in [6.45, 7) is 7.72. The van der Waals surface area contributed by atoms with Crippen LogP contribution in [0.3, 0.4) is 0 Å². The highest BCUT2D eigenvalue weighted by molar-refractivity contribution is 7.99. The predicted molar refractivity (Wildman–Crippen MR) is 243 cm³/mol. The van der Waals surface area contributed by atoms with Gasteiger partial charge in [0.1, 0.15) is 35.4 Å². The predicted octanol–water partition coefficient (Wildman–Crippen LogP) is 4.64. The third kappa shape index (κ3) is 9.76. The number of benzene rings is 3. The molecule has 17 nitrogen and oxygen atoms in total. The second-order valence-electron chi connectivity index (χ2n) is 16.7. The number of para-hydroxylation sites is 1. The fraction of sp³-hybridized carbons (Fsp3) is 0.404. The van der Waals surface area contributed by atoms with E-state index in [-0.39, 0.29) is 30.4 Å². The molecule has 18 heteroatoms. The number of rotatable bonds is 16. The minimum Gasteiger partial charge on any atom is -0.457 e. The number of nitrogen functional groups attached to an aromatic ring is 1. The highest BCUT2D eigenvalue weighted by atomic mass is 32.2. The molecule has 5 amide bonds. The smallest absolute Gasteiger partial charge is 0.263 e. The molecule has 3 N–H and O–H groups in total. The van der Waals surface area contributed by atoms with Crippen molar-refractivity contribution in [1.29, 1.82) is 0 Å². The number of likely N-dealkylation sites (tertiary alicyclic amines) is 1. The van der Waals surface area contributed by atoms with Crippen LogP contribution in [0, 0.1) is 0 Å². The Labute approximate surface area is 380 Å². The molecule has 2 aromatic heterocycles. The minimum absolute atomic E-state index is 0.0446. The zero-order chi connectivity index (χ0) is 44.9. The average Bonchev–Trinajstić information content (AvgIpc) is 3.84. The molecule has 65 heavy (non-hydrogen) atoms. The Morgan fingerprint density at radius 1 is 0.831 bits per heavy atom. The van der Waals surface area contributed by atoms with Crippen LogP contribution in [-0.2, 0) is 19.1 Å². The molecule has 3 fully saturated rings. The van der Waals surface area contributed by atoms with Gasteiger partial charge in [0.15, 0.2) is 5.65 Å². The number of piperazine rings is 1. The van der Waals surface area contributed by atoms with Gasteiger partial charge in [-0.15, -0.1) is 11.8 Å². The molecule has 0 aliphatic carbocycles. The van der Waals surface area contributed by atoms with Crippen molar-refractivity contribution in [3.63, 3.8) is 0 Å². The molecule has 0 spiro atoms. The van der Waals surface area contributed by atoms with E-state index in [1.807, 2.05) is 64.2 Å².